The van der Waals surface area contributed by atoms with E-state index in [0.717, 1.165) is 15.1 Å². The van der Waals surface area contributed by atoms with E-state index in [-0.39, 0.29) is 5.78 Å². The number of hydrogen-bond donors (Lipinski definition) is 0. The van der Waals surface area contributed by atoms with Gasteiger partial charge >= 0.3 is 0 Å². The highest BCUT2D eigenvalue weighted by Crippen LogP contribution is 2.33. The molecule has 2 heterocycles. The first-order valence-electron chi connectivity index (χ1n) is 6.13. The summed E-state index contributed by atoms with van der Waals surface area (Å²) >= 11 is 6.66. The molecule has 0 fully saturated rings. The molecule has 20 heavy (non-hydrogen) atoms. The molecule has 2 aromatic heterocycles. The predicted molar refractivity (Wildman–Crippen MR) is 88.4 cm³/mol. The van der Waals surface area contributed by atoms with Crippen molar-refractivity contribution in [3.05, 3.63) is 50.6 Å². The van der Waals surface area contributed by atoms with E-state index in [0.29, 0.717) is 12.2 Å². The van der Waals surface area contributed by atoms with Gasteiger partial charge in [0.05, 0.1) is 11.5 Å². The molecular formula is C15H11BrO2S2. The van der Waals surface area contributed by atoms with Crippen molar-refractivity contribution < 1.29 is 9.53 Å². The molecule has 0 spiro atoms. The molecule has 3 rings (SSSR count). The Kier molecular flexibility index (Phi) is 3.92. The van der Waals surface area contributed by atoms with Crippen molar-refractivity contribution in [2.75, 3.05) is 6.61 Å². The van der Waals surface area contributed by atoms with Crippen molar-refractivity contribution in [3.8, 4) is 5.75 Å². The number of ether oxygens (including phenoxy) is 1. The first kappa shape index (κ1) is 13.8. The average molecular weight is 367 g/mol. The van der Waals surface area contributed by atoms with Crippen molar-refractivity contribution in [1.82, 2.24) is 0 Å². The normalized spacial score (nSPS) is 10.9. The Morgan fingerprint density at radius 1 is 1.25 bits per heavy atom. The van der Waals surface area contributed by atoms with Crippen LogP contribution in [0.4, 0.5) is 0 Å². The number of rotatable bonds is 4. The lowest BCUT2D eigenvalue weighted by atomic mass is 10.1. The van der Waals surface area contributed by atoms with Crippen LogP contribution in [0.1, 0.15) is 22.2 Å². The quantitative estimate of drug-likeness (QED) is 0.581. The van der Waals surface area contributed by atoms with Gasteiger partial charge in [-0.05, 0) is 58.6 Å². The number of hydrogen-bond acceptors (Lipinski definition) is 4. The summed E-state index contributed by atoms with van der Waals surface area (Å²) in [6.45, 7) is 2.55. The third-order valence-corrected chi connectivity index (χ3v) is 5.61. The van der Waals surface area contributed by atoms with E-state index in [1.807, 2.05) is 36.6 Å². The Morgan fingerprint density at radius 2 is 2.10 bits per heavy atom. The molecule has 0 saturated heterocycles. The first-order chi connectivity index (χ1) is 9.69. The van der Waals surface area contributed by atoms with E-state index < -0.39 is 0 Å². The van der Waals surface area contributed by atoms with Crippen molar-refractivity contribution >= 4 is 53.8 Å². The Labute approximate surface area is 133 Å². The van der Waals surface area contributed by atoms with E-state index in [9.17, 15) is 4.79 Å². The van der Waals surface area contributed by atoms with Crippen LogP contribution >= 0.6 is 38.6 Å². The van der Waals surface area contributed by atoms with Crippen LogP contribution in [0.5, 0.6) is 5.75 Å². The number of benzene rings is 1. The fourth-order valence-electron chi connectivity index (χ4n) is 1.95. The second-order valence-electron chi connectivity index (χ2n) is 4.16. The van der Waals surface area contributed by atoms with Crippen molar-refractivity contribution in [2.45, 2.75) is 6.92 Å². The molecule has 1 aromatic carbocycles. The van der Waals surface area contributed by atoms with Gasteiger partial charge in [0.2, 0.25) is 5.78 Å². The maximum absolute atomic E-state index is 12.5. The van der Waals surface area contributed by atoms with Gasteiger partial charge in [0.15, 0.2) is 0 Å². The second kappa shape index (κ2) is 5.68. The van der Waals surface area contributed by atoms with Crippen molar-refractivity contribution in [2.24, 2.45) is 0 Å². The third kappa shape index (κ3) is 2.53. The molecule has 5 heteroatoms. The molecule has 3 aromatic rings. The fourth-order valence-corrected chi connectivity index (χ4v) is 4.55. The molecule has 0 aliphatic carbocycles. The van der Waals surface area contributed by atoms with E-state index in [2.05, 4.69) is 22.0 Å². The number of ketones is 1. The fraction of sp³-hybridized carbons (Fsp3) is 0.133. The minimum Gasteiger partial charge on any atom is -0.494 e. The van der Waals surface area contributed by atoms with Crippen LogP contribution < -0.4 is 4.74 Å². The van der Waals surface area contributed by atoms with E-state index in [4.69, 9.17) is 4.74 Å². The molecule has 102 valence electrons. The molecule has 0 unspecified atom stereocenters. The number of fused-ring (bicyclic) bond motifs is 1. The van der Waals surface area contributed by atoms with Crippen LogP contribution in [-0.4, -0.2) is 12.4 Å². The van der Waals surface area contributed by atoms with Gasteiger partial charge in [-0.1, -0.05) is 0 Å². The lowest BCUT2D eigenvalue weighted by Gasteiger charge is -2.06. The zero-order valence-corrected chi connectivity index (χ0v) is 13.9. The zero-order chi connectivity index (χ0) is 14.1. The topological polar surface area (TPSA) is 26.3 Å². The summed E-state index contributed by atoms with van der Waals surface area (Å²) in [5, 5.41) is 2.04. The van der Waals surface area contributed by atoms with Crippen LogP contribution in [0.25, 0.3) is 9.40 Å². The summed E-state index contributed by atoms with van der Waals surface area (Å²) in [5.74, 6) is 0.816. The van der Waals surface area contributed by atoms with Gasteiger partial charge in [-0.15, -0.1) is 22.7 Å². The molecule has 0 radical (unpaired) electrons. The molecule has 0 aliphatic rings. The van der Waals surface area contributed by atoms with Crippen LogP contribution in [0.3, 0.4) is 0 Å². The van der Waals surface area contributed by atoms with Gasteiger partial charge in [0, 0.05) is 19.4 Å². The highest BCUT2D eigenvalue weighted by atomic mass is 79.9. The van der Waals surface area contributed by atoms with Gasteiger partial charge in [0.25, 0.3) is 0 Å². The molecular weight excluding hydrogens is 356 g/mol. The predicted octanol–water partition coefficient (Wildman–Crippen LogP) is 5.36. The van der Waals surface area contributed by atoms with Crippen molar-refractivity contribution in [1.29, 1.82) is 0 Å². The summed E-state index contributed by atoms with van der Waals surface area (Å²) in [6, 6.07) is 9.50. The molecule has 0 atom stereocenters. The number of halogens is 1. The van der Waals surface area contributed by atoms with Crippen LogP contribution in [0.15, 0.2) is 40.2 Å². The molecule has 0 amide bonds. The van der Waals surface area contributed by atoms with Crippen LogP contribution in [0.2, 0.25) is 0 Å². The molecule has 0 bridgehead atoms. The third-order valence-electron chi connectivity index (χ3n) is 2.86. The minimum absolute atomic E-state index is 0.0494. The summed E-state index contributed by atoms with van der Waals surface area (Å²) in [5.41, 5.74) is 0.669. The number of thiophene rings is 2. The number of carbonyl (C=O) groups excluding carboxylic acids is 1. The van der Waals surface area contributed by atoms with Gasteiger partial charge in [-0.25, -0.2) is 0 Å². The Morgan fingerprint density at radius 3 is 2.80 bits per heavy atom. The molecule has 2 nitrogen and oxygen atoms in total. The molecule has 0 saturated carbocycles. The summed E-state index contributed by atoms with van der Waals surface area (Å²) in [6.07, 6.45) is 0. The number of carbonyl (C=O) groups is 1. The van der Waals surface area contributed by atoms with Gasteiger partial charge < -0.3 is 4.74 Å². The summed E-state index contributed by atoms with van der Waals surface area (Å²) < 4.78 is 8.53. The van der Waals surface area contributed by atoms with Gasteiger partial charge in [-0.3, -0.25) is 4.79 Å². The Bertz CT molecular complexity index is 745. The van der Waals surface area contributed by atoms with Crippen molar-refractivity contribution in [3.63, 3.8) is 0 Å². The van der Waals surface area contributed by atoms with Gasteiger partial charge in [0.1, 0.15) is 5.75 Å². The lowest BCUT2D eigenvalue weighted by molar-refractivity contribution is 0.104. The average Bonchev–Trinajstić information content (AvgIpc) is 2.99. The maximum Gasteiger partial charge on any atom is 0.204 e. The molecule has 0 N–H and O–H groups in total. The molecule has 0 aliphatic heterocycles. The largest absolute Gasteiger partial charge is 0.494 e. The lowest BCUT2D eigenvalue weighted by Crippen LogP contribution is -2.00. The Balaban J connectivity index is 1.95. The summed E-state index contributed by atoms with van der Waals surface area (Å²) in [4.78, 5) is 13.3. The van der Waals surface area contributed by atoms with Crippen LogP contribution in [0, 0.1) is 0 Å². The minimum atomic E-state index is 0.0494. The van der Waals surface area contributed by atoms with E-state index in [1.165, 1.54) is 20.7 Å². The SMILES string of the molecule is CCOc1ccc(C(=O)c2cc3sccc3s2)c(Br)c1. The van der Waals surface area contributed by atoms with Gasteiger partial charge in [-0.2, -0.15) is 0 Å². The zero-order valence-electron chi connectivity index (χ0n) is 10.7. The highest BCUT2D eigenvalue weighted by Gasteiger charge is 2.16. The van der Waals surface area contributed by atoms with E-state index in [1.54, 1.807) is 11.3 Å². The smallest absolute Gasteiger partial charge is 0.204 e. The highest BCUT2D eigenvalue weighted by molar-refractivity contribution is 9.10. The first-order valence-corrected chi connectivity index (χ1v) is 8.62. The summed E-state index contributed by atoms with van der Waals surface area (Å²) in [7, 11) is 0. The van der Waals surface area contributed by atoms with Crippen LogP contribution in [-0.2, 0) is 0 Å². The monoisotopic (exact) mass is 366 g/mol. The Hall–Kier alpha value is -1.17. The second-order valence-corrected chi connectivity index (χ2v) is 7.05. The standard InChI is InChI=1S/C15H11BrO2S2/c1-2-18-9-3-4-10(11(16)7-9)15(17)14-8-13-12(20-14)5-6-19-13/h3-8H,2H2,1H3. The maximum atomic E-state index is 12.5. The van der Waals surface area contributed by atoms with E-state index >= 15 is 0 Å².